The molecule has 6 nitrogen and oxygen atoms in total. The highest BCUT2D eigenvalue weighted by atomic mass is 16.7. The predicted octanol–water partition coefficient (Wildman–Crippen LogP) is 1.62. The van der Waals surface area contributed by atoms with Crippen molar-refractivity contribution in [3.63, 3.8) is 0 Å². The van der Waals surface area contributed by atoms with Crippen molar-refractivity contribution in [2.75, 3.05) is 19.2 Å². The highest BCUT2D eigenvalue weighted by Gasteiger charge is 2.17. The standard InChI is InChI=1S/C12H12N4O2/c1-7-3-9-10(18-6-17-9)4-8(7)12-15-11(13-2)5-14-16-12/h3-5H,6H2,1-2H3,(H,13,15,16). The highest BCUT2D eigenvalue weighted by molar-refractivity contribution is 5.66. The number of benzene rings is 1. The number of hydrogen-bond donors (Lipinski definition) is 1. The number of aryl methyl sites for hydroxylation is 1. The van der Waals surface area contributed by atoms with Gasteiger partial charge in [-0.15, -0.1) is 5.10 Å². The number of nitrogens with zero attached hydrogens (tertiary/aromatic N) is 3. The van der Waals surface area contributed by atoms with E-state index in [1.165, 1.54) is 0 Å². The lowest BCUT2D eigenvalue weighted by Crippen LogP contribution is -1.99. The second-order valence-electron chi connectivity index (χ2n) is 3.94. The molecule has 1 aliphatic rings. The van der Waals surface area contributed by atoms with Crippen molar-refractivity contribution >= 4 is 5.82 Å². The summed E-state index contributed by atoms with van der Waals surface area (Å²) in [6.07, 6.45) is 1.58. The summed E-state index contributed by atoms with van der Waals surface area (Å²) >= 11 is 0. The monoisotopic (exact) mass is 244 g/mol. The lowest BCUT2D eigenvalue weighted by atomic mass is 10.1. The Morgan fingerprint density at radius 2 is 2.00 bits per heavy atom. The topological polar surface area (TPSA) is 69.2 Å². The Hall–Kier alpha value is -2.37. The van der Waals surface area contributed by atoms with Gasteiger partial charge in [-0.25, -0.2) is 4.98 Å². The van der Waals surface area contributed by atoms with Gasteiger partial charge in [-0.3, -0.25) is 0 Å². The van der Waals surface area contributed by atoms with Gasteiger partial charge in [0.1, 0.15) is 5.82 Å². The van der Waals surface area contributed by atoms with Gasteiger partial charge in [0, 0.05) is 12.6 Å². The molecule has 2 heterocycles. The number of anilines is 1. The zero-order valence-corrected chi connectivity index (χ0v) is 10.1. The molecule has 6 heteroatoms. The summed E-state index contributed by atoms with van der Waals surface area (Å²) in [7, 11) is 1.79. The summed E-state index contributed by atoms with van der Waals surface area (Å²) in [5.41, 5.74) is 1.91. The van der Waals surface area contributed by atoms with Crippen LogP contribution in [0.3, 0.4) is 0 Å². The lowest BCUT2D eigenvalue weighted by Gasteiger charge is -2.06. The zero-order valence-electron chi connectivity index (χ0n) is 10.1. The van der Waals surface area contributed by atoms with Crippen LogP contribution in [-0.2, 0) is 0 Å². The molecule has 0 spiro atoms. The largest absolute Gasteiger partial charge is 0.454 e. The highest BCUT2D eigenvalue weighted by Crippen LogP contribution is 2.37. The van der Waals surface area contributed by atoms with Gasteiger partial charge in [0.25, 0.3) is 0 Å². The van der Waals surface area contributed by atoms with E-state index in [0.29, 0.717) is 17.4 Å². The van der Waals surface area contributed by atoms with Gasteiger partial charge in [-0.2, -0.15) is 5.10 Å². The van der Waals surface area contributed by atoms with E-state index < -0.39 is 0 Å². The van der Waals surface area contributed by atoms with Gasteiger partial charge in [0.05, 0.1) is 6.20 Å². The number of nitrogens with one attached hydrogen (secondary N) is 1. The number of ether oxygens (including phenoxy) is 2. The van der Waals surface area contributed by atoms with E-state index in [0.717, 1.165) is 16.9 Å². The Labute approximate surface area is 104 Å². The van der Waals surface area contributed by atoms with Crippen LogP contribution < -0.4 is 14.8 Å². The molecular weight excluding hydrogens is 232 g/mol. The number of fused-ring (bicyclic) bond motifs is 1. The lowest BCUT2D eigenvalue weighted by molar-refractivity contribution is 0.174. The fourth-order valence-corrected chi connectivity index (χ4v) is 1.82. The van der Waals surface area contributed by atoms with Gasteiger partial charge in [-0.1, -0.05) is 0 Å². The maximum atomic E-state index is 5.36. The van der Waals surface area contributed by atoms with Crippen LogP contribution in [0.25, 0.3) is 11.4 Å². The molecule has 92 valence electrons. The minimum absolute atomic E-state index is 0.258. The summed E-state index contributed by atoms with van der Waals surface area (Å²) in [5, 5.41) is 10.9. The van der Waals surface area contributed by atoms with Crippen molar-refractivity contribution in [1.82, 2.24) is 15.2 Å². The van der Waals surface area contributed by atoms with E-state index in [9.17, 15) is 0 Å². The molecule has 2 aromatic rings. The Kier molecular flexibility index (Phi) is 2.47. The molecule has 0 amide bonds. The second-order valence-corrected chi connectivity index (χ2v) is 3.94. The van der Waals surface area contributed by atoms with Crippen molar-refractivity contribution in [1.29, 1.82) is 0 Å². The van der Waals surface area contributed by atoms with Crippen molar-refractivity contribution in [3.05, 3.63) is 23.9 Å². The van der Waals surface area contributed by atoms with E-state index in [1.54, 1.807) is 13.2 Å². The van der Waals surface area contributed by atoms with Gasteiger partial charge < -0.3 is 14.8 Å². The minimum Gasteiger partial charge on any atom is -0.454 e. The summed E-state index contributed by atoms with van der Waals surface area (Å²) in [4.78, 5) is 4.37. The molecule has 0 aliphatic carbocycles. The quantitative estimate of drug-likeness (QED) is 0.865. The van der Waals surface area contributed by atoms with E-state index >= 15 is 0 Å². The van der Waals surface area contributed by atoms with Gasteiger partial charge in [-0.05, 0) is 24.6 Å². The molecule has 0 saturated carbocycles. The summed E-state index contributed by atoms with van der Waals surface area (Å²) in [6, 6.07) is 3.81. The molecule has 0 atom stereocenters. The van der Waals surface area contributed by atoms with Crippen molar-refractivity contribution in [3.8, 4) is 22.9 Å². The molecule has 0 bridgehead atoms. The van der Waals surface area contributed by atoms with E-state index in [2.05, 4.69) is 20.5 Å². The fourth-order valence-electron chi connectivity index (χ4n) is 1.82. The third-order valence-corrected chi connectivity index (χ3v) is 2.78. The predicted molar refractivity (Wildman–Crippen MR) is 65.7 cm³/mol. The molecule has 1 aromatic heterocycles. The molecule has 3 rings (SSSR count). The van der Waals surface area contributed by atoms with Crippen LogP contribution in [0, 0.1) is 6.92 Å². The van der Waals surface area contributed by atoms with Gasteiger partial charge in [0.15, 0.2) is 17.3 Å². The van der Waals surface area contributed by atoms with Crippen LogP contribution >= 0.6 is 0 Å². The van der Waals surface area contributed by atoms with Crippen LogP contribution in [0.2, 0.25) is 0 Å². The molecule has 0 unspecified atom stereocenters. The van der Waals surface area contributed by atoms with E-state index in [-0.39, 0.29) is 6.79 Å². The molecule has 0 fully saturated rings. The Bertz CT molecular complexity index is 601. The molecule has 18 heavy (non-hydrogen) atoms. The van der Waals surface area contributed by atoms with Gasteiger partial charge >= 0.3 is 0 Å². The number of aromatic nitrogens is 3. The van der Waals surface area contributed by atoms with Crippen LogP contribution in [0.1, 0.15) is 5.56 Å². The normalized spacial score (nSPS) is 12.6. The average molecular weight is 244 g/mol. The van der Waals surface area contributed by atoms with Crippen LogP contribution in [0.4, 0.5) is 5.82 Å². The fraction of sp³-hybridized carbons (Fsp3) is 0.250. The first-order valence-corrected chi connectivity index (χ1v) is 5.56. The summed E-state index contributed by atoms with van der Waals surface area (Å²) < 4.78 is 10.7. The van der Waals surface area contributed by atoms with E-state index in [4.69, 9.17) is 9.47 Å². The van der Waals surface area contributed by atoms with Crippen molar-refractivity contribution in [2.45, 2.75) is 6.92 Å². The molecule has 0 saturated heterocycles. The van der Waals surface area contributed by atoms with Crippen molar-refractivity contribution in [2.24, 2.45) is 0 Å². The minimum atomic E-state index is 0.258. The van der Waals surface area contributed by atoms with Crippen LogP contribution in [0.15, 0.2) is 18.3 Å². The third-order valence-electron chi connectivity index (χ3n) is 2.78. The average Bonchev–Trinajstić information content (AvgIpc) is 2.85. The van der Waals surface area contributed by atoms with Crippen LogP contribution in [0.5, 0.6) is 11.5 Å². The smallest absolute Gasteiger partial charge is 0.231 e. The Morgan fingerprint density at radius 3 is 2.78 bits per heavy atom. The molecule has 1 N–H and O–H groups in total. The van der Waals surface area contributed by atoms with Gasteiger partial charge in [0.2, 0.25) is 6.79 Å². The number of hydrogen-bond acceptors (Lipinski definition) is 6. The number of rotatable bonds is 2. The molecule has 0 radical (unpaired) electrons. The maximum Gasteiger partial charge on any atom is 0.231 e. The molecular formula is C12H12N4O2. The first kappa shape index (κ1) is 10.8. The third kappa shape index (κ3) is 1.71. The SMILES string of the molecule is CNc1cnnc(-c2cc3c(cc2C)OCO3)n1. The molecule has 1 aliphatic heterocycles. The first-order valence-electron chi connectivity index (χ1n) is 5.56. The Balaban J connectivity index is 2.10. The second kappa shape index (κ2) is 4.14. The summed E-state index contributed by atoms with van der Waals surface area (Å²) in [5.74, 6) is 2.72. The van der Waals surface area contributed by atoms with Crippen molar-refractivity contribution < 1.29 is 9.47 Å². The zero-order chi connectivity index (χ0) is 12.5. The Morgan fingerprint density at radius 1 is 1.22 bits per heavy atom. The summed E-state index contributed by atoms with van der Waals surface area (Å²) in [6.45, 7) is 2.24. The molecule has 1 aromatic carbocycles. The first-order chi connectivity index (χ1) is 8.78. The van der Waals surface area contributed by atoms with Crippen LogP contribution in [-0.4, -0.2) is 29.0 Å². The maximum absolute atomic E-state index is 5.36. The van der Waals surface area contributed by atoms with E-state index in [1.807, 2.05) is 19.1 Å².